The molecule has 2 aromatic carbocycles. The van der Waals surface area contributed by atoms with Crippen LogP contribution in [-0.4, -0.2) is 43.2 Å². The van der Waals surface area contributed by atoms with Crippen molar-refractivity contribution in [3.05, 3.63) is 64.1 Å². The van der Waals surface area contributed by atoms with Gasteiger partial charge in [-0.1, -0.05) is 35.3 Å². The van der Waals surface area contributed by atoms with E-state index in [4.69, 9.17) is 23.2 Å². The van der Waals surface area contributed by atoms with E-state index in [1.165, 1.54) is 28.6 Å². The second-order valence-corrected chi connectivity index (χ2v) is 8.73. The number of amides is 1. The van der Waals surface area contributed by atoms with Crippen molar-refractivity contribution in [1.82, 2.24) is 9.21 Å². The van der Waals surface area contributed by atoms with E-state index in [-0.39, 0.29) is 23.9 Å². The van der Waals surface area contributed by atoms with Gasteiger partial charge in [0.05, 0.1) is 11.4 Å². The molecule has 27 heavy (non-hydrogen) atoms. The Labute approximate surface area is 170 Å². The Morgan fingerprint density at radius 3 is 1.85 bits per heavy atom. The zero-order valence-corrected chi connectivity index (χ0v) is 17.6. The third kappa shape index (κ3) is 5.69. The van der Waals surface area contributed by atoms with E-state index in [9.17, 15) is 13.2 Å². The molecule has 0 unspecified atom stereocenters. The molecule has 0 heterocycles. The Bertz CT molecular complexity index is 865. The maximum Gasteiger partial charge on any atom is 0.243 e. The van der Waals surface area contributed by atoms with Crippen molar-refractivity contribution in [2.45, 2.75) is 25.3 Å². The van der Waals surface area contributed by atoms with E-state index in [1.807, 2.05) is 13.8 Å². The van der Waals surface area contributed by atoms with Crippen molar-refractivity contribution in [2.75, 3.05) is 19.6 Å². The number of sulfonamides is 1. The number of hydrogen-bond donors (Lipinski definition) is 0. The normalized spacial score (nSPS) is 11.6. The van der Waals surface area contributed by atoms with Crippen LogP contribution in [0.25, 0.3) is 0 Å². The van der Waals surface area contributed by atoms with Crippen LogP contribution in [0, 0.1) is 0 Å². The fourth-order valence-corrected chi connectivity index (χ4v) is 4.23. The summed E-state index contributed by atoms with van der Waals surface area (Å²) in [5.74, 6) is -0.244. The number of halogens is 2. The molecule has 0 radical (unpaired) electrons. The highest BCUT2D eigenvalue weighted by atomic mass is 35.5. The average Bonchev–Trinajstić information content (AvgIpc) is 2.64. The van der Waals surface area contributed by atoms with E-state index in [2.05, 4.69) is 0 Å². The van der Waals surface area contributed by atoms with Gasteiger partial charge in [0.1, 0.15) is 0 Å². The van der Waals surface area contributed by atoms with Crippen LogP contribution < -0.4 is 0 Å². The fourth-order valence-electron chi connectivity index (χ4n) is 2.60. The second kappa shape index (κ2) is 9.55. The first-order chi connectivity index (χ1) is 12.8. The minimum Gasteiger partial charge on any atom is -0.342 e. The number of carbonyl (C=O) groups excluding carboxylic acids is 1. The van der Waals surface area contributed by atoms with Gasteiger partial charge in [0.15, 0.2) is 0 Å². The number of rotatable bonds is 8. The van der Waals surface area contributed by atoms with Crippen LogP contribution in [0.2, 0.25) is 10.0 Å². The molecule has 5 nitrogen and oxygen atoms in total. The third-order valence-corrected chi connectivity index (χ3v) is 6.46. The van der Waals surface area contributed by atoms with Gasteiger partial charge in [-0.25, -0.2) is 8.42 Å². The smallest absolute Gasteiger partial charge is 0.243 e. The first kappa shape index (κ1) is 21.7. The molecule has 0 aliphatic carbocycles. The molecular formula is C19H22Cl2N2O3S. The number of benzene rings is 2. The topological polar surface area (TPSA) is 57.7 Å². The number of nitrogens with zero attached hydrogens (tertiary/aromatic N) is 2. The quantitative estimate of drug-likeness (QED) is 0.636. The second-order valence-electron chi connectivity index (χ2n) is 5.92. The molecule has 0 aliphatic heterocycles. The van der Waals surface area contributed by atoms with Crippen LogP contribution in [-0.2, 0) is 21.4 Å². The third-order valence-electron chi connectivity index (χ3n) is 4.15. The summed E-state index contributed by atoms with van der Waals surface area (Å²) in [5, 5.41) is 1.00. The number of carbonyl (C=O) groups is 1. The first-order valence-electron chi connectivity index (χ1n) is 8.55. The maximum absolute atomic E-state index is 13.1. The average molecular weight is 429 g/mol. The van der Waals surface area contributed by atoms with Gasteiger partial charge in [-0.05, 0) is 55.8 Å². The molecular weight excluding hydrogens is 407 g/mol. The molecule has 0 aromatic heterocycles. The first-order valence-corrected chi connectivity index (χ1v) is 10.8. The zero-order chi connectivity index (χ0) is 20.0. The van der Waals surface area contributed by atoms with Crippen LogP contribution in [0.5, 0.6) is 0 Å². The van der Waals surface area contributed by atoms with Gasteiger partial charge in [-0.2, -0.15) is 4.31 Å². The van der Waals surface area contributed by atoms with E-state index < -0.39 is 10.0 Å². The summed E-state index contributed by atoms with van der Waals surface area (Å²) in [6, 6.07) is 12.8. The highest BCUT2D eigenvalue weighted by Crippen LogP contribution is 2.21. The van der Waals surface area contributed by atoms with Crippen LogP contribution in [0.1, 0.15) is 19.4 Å². The summed E-state index contributed by atoms with van der Waals surface area (Å²) in [6.45, 7) is 4.58. The van der Waals surface area contributed by atoms with E-state index >= 15 is 0 Å². The van der Waals surface area contributed by atoms with Crippen molar-refractivity contribution >= 4 is 39.1 Å². The number of likely N-dealkylation sites (N-methyl/N-ethyl adjacent to an activating group) is 1. The standard InChI is InChI=1S/C19H22Cl2N2O3S/c1-3-22(4-2)19(24)14-23(13-15-5-7-16(20)8-6-15)27(25,26)18-11-9-17(21)10-12-18/h5-12H,3-4,13-14H2,1-2H3. The molecule has 0 bridgehead atoms. The summed E-state index contributed by atoms with van der Waals surface area (Å²) in [5.41, 5.74) is 0.740. The molecule has 0 spiro atoms. The van der Waals surface area contributed by atoms with Crippen LogP contribution in [0.15, 0.2) is 53.4 Å². The van der Waals surface area contributed by atoms with Crippen LogP contribution in [0.4, 0.5) is 0 Å². The summed E-state index contributed by atoms with van der Waals surface area (Å²) < 4.78 is 27.5. The molecule has 0 saturated heterocycles. The number of hydrogen-bond acceptors (Lipinski definition) is 3. The monoisotopic (exact) mass is 428 g/mol. The molecule has 0 saturated carbocycles. The van der Waals surface area contributed by atoms with Crippen molar-refractivity contribution < 1.29 is 13.2 Å². The lowest BCUT2D eigenvalue weighted by Gasteiger charge is -2.26. The van der Waals surface area contributed by atoms with Crippen LogP contribution >= 0.6 is 23.2 Å². The van der Waals surface area contributed by atoms with Gasteiger partial charge >= 0.3 is 0 Å². The Kier molecular flexibility index (Phi) is 7.68. The molecule has 2 rings (SSSR count). The van der Waals surface area contributed by atoms with Crippen molar-refractivity contribution in [2.24, 2.45) is 0 Å². The Morgan fingerprint density at radius 2 is 1.37 bits per heavy atom. The molecule has 2 aromatic rings. The summed E-state index contributed by atoms with van der Waals surface area (Å²) in [4.78, 5) is 14.3. The van der Waals surface area contributed by atoms with E-state index in [0.29, 0.717) is 23.1 Å². The fraction of sp³-hybridized carbons (Fsp3) is 0.316. The van der Waals surface area contributed by atoms with Gasteiger partial charge < -0.3 is 4.90 Å². The van der Waals surface area contributed by atoms with Crippen molar-refractivity contribution in [1.29, 1.82) is 0 Å². The Morgan fingerprint density at radius 1 is 0.889 bits per heavy atom. The van der Waals surface area contributed by atoms with E-state index in [1.54, 1.807) is 29.2 Å². The van der Waals surface area contributed by atoms with Gasteiger partial charge in [-0.15, -0.1) is 0 Å². The summed E-state index contributed by atoms with van der Waals surface area (Å²) in [6.07, 6.45) is 0. The highest BCUT2D eigenvalue weighted by molar-refractivity contribution is 7.89. The highest BCUT2D eigenvalue weighted by Gasteiger charge is 2.28. The predicted octanol–water partition coefficient (Wildman–Crippen LogP) is 4.05. The molecule has 0 N–H and O–H groups in total. The Balaban J connectivity index is 2.36. The lowest BCUT2D eigenvalue weighted by molar-refractivity contribution is -0.131. The maximum atomic E-state index is 13.1. The minimum absolute atomic E-state index is 0.0646. The van der Waals surface area contributed by atoms with E-state index in [0.717, 1.165) is 5.56 Å². The zero-order valence-electron chi connectivity index (χ0n) is 15.2. The Hall–Kier alpha value is -1.60. The molecule has 0 atom stereocenters. The van der Waals surface area contributed by atoms with Crippen molar-refractivity contribution in [3.8, 4) is 0 Å². The molecule has 8 heteroatoms. The van der Waals surface area contributed by atoms with Gasteiger partial charge in [0.25, 0.3) is 0 Å². The largest absolute Gasteiger partial charge is 0.342 e. The van der Waals surface area contributed by atoms with Crippen LogP contribution in [0.3, 0.4) is 0 Å². The van der Waals surface area contributed by atoms with Crippen molar-refractivity contribution in [3.63, 3.8) is 0 Å². The molecule has 1 amide bonds. The summed E-state index contributed by atoms with van der Waals surface area (Å²) >= 11 is 11.8. The van der Waals surface area contributed by atoms with Gasteiger partial charge in [-0.3, -0.25) is 4.79 Å². The minimum atomic E-state index is -3.88. The summed E-state index contributed by atoms with van der Waals surface area (Å²) in [7, 11) is -3.88. The SMILES string of the molecule is CCN(CC)C(=O)CN(Cc1ccc(Cl)cc1)S(=O)(=O)c1ccc(Cl)cc1. The predicted molar refractivity (Wildman–Crippen MR) is 108 cm³/mol. The lowest BCUT2D eigenvalue weighted by atomic mass is 10.2. The van der Waals surface area contributed by atoms with Gasteiger partial charge in [0, 0.05) is 29.7 Å². The molecule has 0 aliphatic rings. The lowest BCUT2D eigenvalue weighted by Crippen LogP contribution is -2.42. The van der Waals surface area contributed by atoms with Gasteiger partial charge in [0.2, 0.25) is 15.9 Å². The molecule has 0 fully saturated rings. The molecule has 146 valence electrons.